The number of primary amides is 1. The molecule has 0 aliphatic heterocycles. The molecule has 2 atom stereocenters. The van der Waals surface area contributed by atoms with Gasteiger partial charge in [-0.15, -0.1) is 0 Å². The SMILES string of the molecule is NC(=O)[C@@H]1C[C@H]1c1cccc2oc(CCCCc3ccc(F)cc3)cc12. The molecule has 3 aromatic rings. The van der Waals surface area contributed by atoms with Crippen molar-refractivity contribution in [1.29, 1.82) is 0 Å². The maximum Gasteiger partial charge on any atom is 0.221 e. The summed E-state index contributed by atoms with van der Waals surface area (Å²) in [5.74, 6) is 0.773. The van der Waals surface area contributed by atoms with E-state index >= 15 is 0 Å². The summed E-state index contributed by atoms with van der Waals surface area (Å²) in [6.45, 7) is 0. The highest BCUT2D eigenvalue weighted by Crippen LogP contribution is 2.49. The van der Waals surface area contributed by atoms with Crippen LogP contribution in [-0.4, -0.2) is 5.91 Å². The van der Waals surface area contributed by atoms with Crippen LogP contribution in [0, 0.1) is 11.7 Å². The molecule has 0 unspecified atom stereocenters. The second-order valence-electron chi connectivity index (χ2n) is 7.16. The largest absolute Gasteiger partial charge is 0.461 e. The van der Waals surface area contributed by atoms with Gasteiger partial charge in [-0.1, -0.05) is 24.3 Å². The molecular weight excluding hydrogens is 329 g/mol. The maximum atomic E-state index is 12.9. The minimum Gasteiger partial charge on any atom is -0.461 e. The van der Waals surface area contributed by atoms with Gasteiger partial charge in [-0.3, -0.25) is 4.79 Å². The van der Waals surface area contributed by atoms with E-state index in [9.17, 15) is 9.18 Å². The van der Waals surface area contributed by atoms with Gasteiger partial charge in [0.2, 0.25) is 5.91 Å². The highest BCUT2D eigenvalue weighted by atomic mass is 19.1. The molecule has 1 amide bonds. The van der Waals surface area contributed by atoms with Crippen LogP contribution >= 0.6 is 0 Å². The minimum atomic E-state index is -0.212. The van der Waals surface area contributed by atoms with Crippen molar-refractivity contribution in [3.63, 3.8) is 0 Å². The number of nitrogens with two attached hydrogens (primary N) is 1. The average Bonchev–Trinajstić information content (AvgIpc) is 3.32. The fourth-order valence-corrected chi connectivity index (χ4v) is 3.72. The van der Waals surface area contributed by atoms with E-state index in [1.165, 1.54) is 17.7 Å². The highest BCUT2D eigenvalue weighted by Gasteiger charge is 2.43. The van der Waals surface area contributed by atoms with Crippen LogP contribution in [0.15, 0.2) is 52.9 Å². The van der Waals surface area contributed by atoms with Gasteiger partial charge in [-0.05, 0) is 67.0 Å². The van der Waals surface area contributed by atoms with Crippen LogP contribution in [0.1, 0.15) is 42.1 Å². The number of unbranched alkanes of at least 4 members (excludes halogenated alkanes) is 1. The van der Waals surface area contributed by atoms with Crippen molar-refractivity contribution in [2.75, 3.05) is 0 Å². The van der Waals surface area contributed by atoms with E-state index < -0.39 is 0 Å². The van der Waals surface area contributed by atoms with Gasteiger partial charge in [0.25, 0.3) is 0 Å². The molecule has 0 bridgehead atoms. The Morgan fingerprint density at radius 2 is 1.88 bits per heavy atom. The van der Waals surface area contributed by atoms with Gasteiger partial charge in [-0.2, -0.15) is 0 Å². The van der Waals surface area contributed by atoms with Crippen LogP contribution in [0.4, 0.5) is 4.39 Å². The summed E-state index contributed by atoms with van der Waals surface area (Å²) < 4.78 is 18.9. The minimum absolute atomic E-state index is 0.0327. The number of carbonyl (C=O) groups is 1. The predicted octanol–water partition coefficient (Wildman–Crippen LogP) is 4.73. The zero-order valence-electron chi connectivity index (χ0n) is 14.6. The summed E-state index contributed by atoms with van der Waals surface area (Å²) in [7, 11) is 0. The van der Waals surface area contributed by atoms with E-state index in [4.69, 9.17) is 10.2 Å². The molecule has 1 aliphatic carbocycles. The van der Waals surface area contributed by atoms with Crippen LogP contribution in [0.3, 0.4) is 0 Å². The lowest BCUT2D eigenvalue weighted by Gasteiger charge is -2.00. The van der Waals surface area contributed by atoms with Crippen LogP contribution in [-0.2, 0) is 17.6 Å². The number of hydrogen-bond acceptors (Lipinski definition) is 2. The van der Waals surface area contributed by atoms with Crippen molar-refractivity contribution >= 4 is 16.9 Å². The number of rotatable bonds is 7. The van der Waals surface area contributed by atoms with Gasteiger partial charge < -0.3 is 10.2 Å². The summed E-state index contributed by atoms with van der Waals surface area (Å²) in [6.07, 6.45) is 4.70. The lowest BCUT2D eigenvalue weighted by atomic mass is 10.0. The van der Waals surface area contributed by atoms with Crippen molar-refractivity contribution in [3.8, 4) is 0 Å². The Balaban J connectivity index is 1.38. The fourth-order valence-electron chi connectivity index (χ4n) is 3.72. The second-order valence-corrected chi connectivity index (χ2v) is 7.16. The highest BCUT2D eigenvalue weighted by molar-refractivity contribution is 5.87. The van der Waals surface area contributed by atoms with Crippen LogP contribution in [0.25, 0.3) is 11.0 Å². The number of fused-ring (bicyclic) bond motifs is 1. The predicted molar refractivity (Wildman–Crippen MR) is 99.3 cm³/mol. The third-order valence-electron chi connectivity index (χ3n) is 5.25. The first-order chi connectivity index (χ1) is 12.6. The Morgan fingerprint density at radius 1 is 1.12 bits per heavy atom. The van der Waals surface area contributed by atoms with Crippen LogP contribution in [0.5, 0.6) is 0 Å². The molecule has 26 heavy (non-hydrogen) atoms. The molecule has 0 spiro atoms. The maximum absolute atomic E-state index is 12.9. The van der Waals surface area contributed by atoms with Crippen LogP contribution < -0.4 is 5.73 Å². The van der Waals surface area contributed by atoms with E-state index in [2.05, 4.69) is 12.1 Å². The number of carbonyl (C=O) groups excluding carboxylic acids is 1. The Labute approximate surface area is 152 Å². The summed E-state index contributed by atoms with van der Waals surface area (Å²) in [5, 5.41) is 1.11. The monoisotopic (exact) mass is 351 g/mol. The van der Waals surface area contributed by atoms with Gasteiger partial charge in [-0.25, -0.2) is 4.39 Å². The summed E-state index contributed by atoms with van der Waals surface area (Å²) in [4.78, 5) is 11.4. The standard InChI is InChI=1S/C22H22FNO2/c23-15-10-8-14(9-11-15)4-1-2-5-16-12-19-17(6-3-7-21(19)26-16)18-13-20(18)22(24)25/h3,6-12,18,20H,1-2,4-5,13H2,(H2,24,25)/t18-,20+/m0/s1. The van der Waals surface area contributed by atoms with Gasteiger partial charge in [0.1, 0.15) is 17.2 Å². The third-order valence-corrected chi connectivity index (χ3v) is 5.25. The zero-order valence-corrected chi connectivity index (χ0v) is 14.6. The molecule has 134 valence electrons. The Hall–Kier alpha value is -2.62. The van der Waals surface area contributed by atoms with Gasteiger partial charge in [0.05, 0.1) is 0 Å². The molecule has 3 nitrogen and oxygen atoms in total. The first-order valence-electron chi connectivity index (χ1n) is 9.17. The quantitative estimate of drug-likeness (QED) is 0.626. The van der Waals surface area contributed by atoms with E-state index in [1.54, 1.807) is 0 Å². The smallest absolute Gasteiger partial charge is 0.221 e. The molecular formula is C22H22FNO2. The fraction of sp³-hybridized carbons (Fsp3) is 0.318. The molecule has 4 heteroatoms. The average molecular weight is 351 g/mol. The topological polar surface area (TPSA) is 56.2 Å². The summed E-state index contributed by atoms with van der Waals surface area (Å²) in [6, 6.07) is 14.8. The molecule has 4 rings (SSSR count). The Morgan fingerprint density at radius 3 is 2.62 bits per heavy atom. The zero-order chi connectivity index (χ0) is 18.1. The molecule has 1 aliphatic rings. The van der Waals surface area contributed by atoms with Crippen LogP contribution in [0.2, 0.25) is 0 Å². The molecule has 1 heterocycles. The van der Waals surface area contributed by atoms with Crippen molar-refractivity contribution in [2.24, 2.45) is 11.7 Å². The van der Waals surface area contributed by atoms with Crippen molar-refractivity contribution < 1.29 is 13.6 Å². The normalized spacial score (nSPS) is 19.0. The van der Waals surface area contributed by atoms with Gasteiger partial charge >= 0.3 is 0 Å². The molecule has 1 fully saturated rings. The Bertz CT molecular complexity index is 929. The van der Waals surface area contributed by atoms with Crippen molar-refractivity contribution in [1.82, 2.24) is 0 Å². The number of hydrogen-bond donors (Lipinski definition) is 1. The molecule has 1 aromatic heterocycles. The molecule has 0 saturated heterocycles. The summed E-state index contributed by atoms with van der Waals surface area (Å²) >= 11 is 0. The number of benzene rings is 2. The van der Waals surface area contributed by atoms with E-state index in [1.807, 2.05) is 24.3 Å². The first-order valence-corrected chi connectivity index (χ1v) is 9.17. The lowest BCUT2D eigenvalue weighted by Crippen LogP contribution is -2.13. The van der Waals surface area contributed by atoms with E-state index in [-0.39, 0.29) is 23.6 Å². The number of amides is 1. The number of aryl methyl sites for hydroxylation is 2. The lowest BCUT2D eigenvalue weighted by molar-refractivity contribution is -0.119. The second kappa shape index (κ2) is 6.94. The van der Waals surface area contributed by atoms with E-state index in [0.717, 1.165) is 54.4 Å². The third kappa shape index (κ3) is 3.50. The van der Waals surface area contributed by atoms with Gasteiger partial charge in [0.15, 0.2) is 0 Å². The molecule has 2 aromatic carbocycles. The number of halogens is 1. The van der Waals surface area contributed by atoms with Gasteiger partial charge in [0, 0.05) is 17.7 Å². The van der Waals surface area contributed by atoms with Crippen molar-refractivity contribution in [2.45, 2.75) is 38.0 Å². The number of furan rings is 1. The first kappa shape index (κ1) is 16.8. The Kier molecular flexibility index (Phi) is 4.49. The van der Waals surface area contributed by atoms with E-state index in [0.29, 0.717) is 0 Å². The molecule has 2 N–H and O–H groups in total. The summed E-state index contributed by atoms with van der Waals surface area (Å²) in [5.41, 5.74) is 8.64. The molecule has 0 radical (unpaired) electrons. The molecule has 1 saturated carbocycles. The van der Waals surface area contributed by atoms with Crippen molar-refractivity contribution in [3.05, 3.63) is 71.2 Å².